The maximum absolute atomic E-state index is 11.8. The Morgan fingerprint density at radius 3 is 2.30 bits per heavy atom. The third kappa shape index (κ3) is 5.19. The van der Waals surface area contributed by atoms with Crippen LogP contribution in [0.3, 0.4) is 0 Å². The third-order valence-electron chi connectivity index (χ3n) is 3.08. The van der Waals surface area contributed by atoms with E-state index >= 15 is 0 Å². The summed E-state index contributed by atoms with van der Waals surface area (Å²) >= 11 is 0. The van der Waals surface area contributed by atoms with Crippen molar-refractivity contribution >= 4 is 35.6 Å². The molecular formula is C14H20ClN3O2. The fraction of sp³-hybridized carbons (Fsp3) is 0.429. The lowest BCUT2D eigenvalue weighted by Gasteiger charge is -2.11. The minimum absolute atomic E-state index is 0. The second-order valence-corrected chi connectivity index (χ2v) is 4.80. The topological polar surface area (TPSA) is 70.2 Å². The lowest BCUT2D eigenvalue weighted by atomic mass is 10.1. The van der Waals surface area contributed by atoms with Crippen LogP contribution in [-0.4, -0.2) is 24.4 Å². The lowest BCUT2D eigenvalue weighted by Crippen LogP contribution is -2.27. The van der Waals surface area contributed by atoms with Crippen LogP contribution >= 0.6 is 12.4 Å². The Balaban J connectivity index is 0.00000200. The molecule has 3 N–H and O–H groups in total. The van der Waals surface area contributed by atoms with Crippen LogP contribution in [0, 0.1) is 0 Å². The summed E-state index contributed by atoms with van der Waals surface area (Å²) in [6, 6.07) is 7.41. The maximum atomic E-state index is 11.8. The van der Waals surface area contributed by atoms with Crippen molar-refractivity contribution in [2.45, 2.75) is 32.2 Å². The number of hydrogen-bond donors (Lipinski definition) is 3. The van der Waals surface area contributed by atoms with Gasteiger partial charge in [0.2, 0.25) is 11.8 Å². The summed E-state index contributed by atoms with van der Waals surface area (Å²) in [6.07, 6.45) is 2.71. The molecule has 1 aromatic rings. The lowest BCUT2D eigenvalue weighted by molar-refractivity contribution is -0.116. The number of anilines is 2. The monoisotopic (exact) mass is 297 g/mol. The third-order valence-corrected chi connectivity index (χ3v) is 3.08. The van der Waals surface area contributed by atoms with Crippen molar-refractivity contribution < 1.29 is 9.59 Å². The van der Waals surface area contributed by atoms with Crippen LogP contribution in [0.2, 0.25) is 0 Å². The van der Waals surface area contributed by atoms with E-state index in [9.17, 15) is 9.59 Å². The van der Waals surface area contributed by atoms with Gasteiger partial charge in [0, 0.05) is 30.8 Å². The normalized spacial score (nSPS) is 17.1. The molecule has 1 fully saturated rings. The van der Waals surface area contributed by atoms with Gasteiger partial charge in [-0.05, 0) is 43.7 Å². The van der Waals surface area contributed by atoms with Crippen LogP contribution in [0.1, 0.15) is 26.2 Å². The molecule has 1 aliphatic rings. The zero-order chi connectivity index (χ0) is 13.7. The van der Waals surface area contributed by atoms with Gasteiger partial charge >= 0.3 is 0 Å². The number of benzene rings is 1. The highest BCUT2D eigenvalue weighted by molar-refractivity contribution is 5.92. The van der Waals surface area contributed by atoms with Crippen molar-refractivity contribution in [1.29, 1.82) is 0 Å². The van der Waals surface area contributed by atoms with Gasteiger partial charge in [0.15, 0.2) is 0 Å². The molecular weight excluding hydrogens is 278 g/mol. The van der Waals surface area contributed by atoms with Crippen molar-refractivity contribution in [2.24, 2.45) is 0 Å². The van der Waals surface area contributed by atoms with E-state index in [0.29, 0.717) is 12.5 Å². The molecule has 5 nitrogen and oxygen atoms in total. The zero-order valence-corrected chi connectivity index (χ0v) is 12.3. The van der Waals surface area contributed by atoms with Crippen molar-refractivity contribution in [3.8, 4) is 0 Å². The minimum Gasteiger partial charge on any atom is -0.326 e. The molecule has 0 aromatic heterocycles. The average Bonchev–Trinajstić information content (AvgIpc) is 2.83. The molecule has 0 saturated carbocycles. The van der Waals surface area contributed by atoms with Crippen molar-refractivity contribution in [3.05, 3.63) is 24.3 Å². The molecule has 1 aromatic carbocycles. The summed E-state index contributed by atoms with van der Waals surface area (Å²) in [5.74, 6) is -0.0872. The Bertz CT molecular complexity index is 456. The van der Waals surface area contributed by atoms with E-state index in [4.69, 9.17) is 0 Å². The number of halogens is 1. The molecule has 0 aliphatic carbocycles. The van der Waals surface area contributed by atoms with Crippen LogP contribution in [0.15, 0.2) is 24.3 Å². The first-order valence-corrected chi connectivity index (χ1v) is 6.54. The van der Waals surface area contributed by atoms with Gasteiger partial charge in [-0.25, -0.2) is 0 Å². The van der Waals surface area contributed by atoms with Gasteiger partial charge < -0.3 is 16.0 Å². The predicted octanol–water partition coefficient (Wildman–Crippen LogP) is 2.15. The van der Waals surface area contributed by atoms with Gasteiger partial charge in [-0.15, -0.1) is 12.4 Å². The summed E-state index contributed by atoms with van der Waals surface area (Å²) in [5.41, 5.74) is 1.47. The number of carbonyl (C=O) groups excluding carboxylic acids is 2. The molecule has 1 aliphatic heterocycles. The molecule has 110 valence electrons. The van der Waals surface area contributed by atoms with Crippen LogP contribution in [0.25, 0.3) is 0 Å². The van der Waals surface area contributed by atoms with Gasteiger partial charge in [-0.2, -0.15) is 0 Å². The number of hydrogen-bond acceptors (Lipinski definition) is 3. The largest absolute Gasteiger partial charge is 0.326 e. The highest BCUT2D eigenvalue weighted by Crippen LogP contribution is 2.15. The number of carbonyl (C=O) groups is 2. The number of amides is 2. The molecule has 1 saturated heterocycles. The highest BCUT2D eigenvalue weighted by atomic mass is 35.5. The van der Waals surface area contributed by atoms with Crippen LogP contribution in [0.4, 0.5) is 11.4 Å². The summed E-state index contributed by atoms with van der Waals surface area (Å²) in [4.78, 5) is 22.7. The molecule has 1 atom stereocenters. The minimum atomic E-state index is -0.107. The Morgan fingerprint density at radius 2 is 1.80 bits per heavy atom. The van der Waals surface area contributed by atoms with E-state index in [0.717, 1.165) is 30.8 Å². The van der Waals surface area contributed by atoms with Crippen molar-refractivity contribution in [2.75, 3.05) is 17.2 Å². The van der Waals surface area contributed by atoms with Gasteiger partial charge in [0.05, 0.1) is 0 Å². The standard InChI is InChI=1S/C14H19N3O2.ClH/c1-10(18)16-11-4-6-12(7-5-11)17-14(19)9-13-3-2-8-15-13;/h4-7,13,15H,2-3,8-9H2,1H3,(H,16,18)(H,17,19);1H. The van der Waals surface area contributed by atoms with Crippen molar-refractivity contribution in [1.82, 2.24) is 5.32 Å². The van der Waals surface area contributed by atoms with E-state index in [1.807, 2.05) is 0 Å². The highest BCUT2D eigenvalue weighted by Gasteiger charge is 2.17. The van der Waals surface area contributed by atoms with E-state index in [-0.39, 0.29) is 24.2 Å². The Kier molecular flexibility index (Phi) is 6.48. The molecule has 6 heteroatoms. The predicted molar refractivity (Wildman–Crippen MR) is 82.3 cm³/mol. The second-order valence-electron chi connectivity index (χ2n) is 4.80. The Hall–Kier alpha value is -1.59. The summed E-state index contributed by atoms with van der Waals surface area (Å²) in [5, 5.41) is 8.84. The summed E-state index contributed by atoms with van der Waals surface area (Å²) < 4.78 is 0. The van der Waals surface area contributed by atoms with E-state index in [1.165, 1.54) is 6.92 Å². The SMILES string of the molecule is CC(=O)Nc1ccc(NC(=O)CC2CCCN2)cc1.Cl. The fourth-order valence-electron chi connectivity index (χ4n) is 2.21. The summed E-state index contributed by atoms with van der Waals surface area (Å²) in [7, 11) is 0. The molecule has 0 spiro atoms. The molecule has 1 unspecified atom stereocenters. The van der Waals surface area contributed by atoms with Crippen molar-refractivity contribution in [3.63, 3.8) is 0 Å². The smallest absolute Gasteiger partial charge is 0.225 e. The quantitative estimate of drug-likeness (QED) is 0.797. The fourth-order valence-corrected chi connectivity index (χ4v) is 2.21. The summed E-state index contributed by atoms with van der Waals surface area (Å²) in [6.45, 7) is 2.47. The number of rotatable bonds is 4. The van der Waals surface area contributed by atoms with Crippen LogP contribution in [-0.2, 0) is 9.59 Å². The first-order valence-electron chi connectivity index (χ1n) is 6.54. The zero-order valence-electron chi connectivity index (χ0n) is 11.4. The van der Waals surface area contributed by atoms with Crippen LogP contribution in [0.5, 0.6) is 0 Å². The first kappa shape index (κ1) is 16.5. The van der Waals surface area contributed by atoms with Gasteiger partial charge in [-0.3, -0.25) is 9.59 Å². The molecule has 20 heavy (non-hydrogen) atoms. The molecule has 2 rings (SSSR count). The van der Waals surface area contributed by atoms with E-state index < -0.39 is 0 Å². The molecule has 1 heterocycles. The Labute approximate surface area is 124 Å². The van der Waals surface area contributed by atoms with Gasteiger partial charge in [0.1, 0.15) is 0 Å². The number of nitrogens with one attached hydrogen (secondary N) is 3. The molecule has 0 bridgehead atoms. The average molecular weight is 298 g/mol. The first-order chi connectivity index (χ1) is 9.13. The molecule has 2 amide bonds. The van der Waals surface area contributed by atoms with Gasteiger partial charge in [-0.1, -0.05) is 0 Å². The van der Waals surface area contributed by atoms with Gasteiger partial charge in [0.25, 0.3) is 0 Å². The maximum Gasteiger partial charge on any atom is 0.225 e. The molecule has 0 radical (unpaired) electrons. The van der Waals surface area contributed by atoms with Crippen LogP contribution < -0.4 is 16.0 Å². The Morgan fingerprint density at radius 1 is 1.20 bits per heavy atom. The van der Waals surface area contributed by atoms with E-state index in [2.05, 4.69) is 16.0 Å². The van der Waals surface area contributed by atoms with E-state index in [1.54, 1.807) is 24.3 Å². The second kappa shape index (κ2) is 7.87.